The monoisotopic (exact) mass is 179 g/mol. The Morgan fingerprint density at radius 1 is 0.846 bits per heavy atom. The van der Waals surface area contributed by atoms with Crippen molar-refractivity contribution in [3.8, 4) is 0 Å². The lowest BCUT2D eigenvalue weighted by Gasteiger charge is -2.33. The highest BCUT2D eigenvalue weighted by molar-refractivity contribution is 4.96. The Morgan fingerprint density at radius 3 is 2.69 bits per heavy atom. The number of nitrogens with zero attached hydrogens (tertiary/aromatic N) is 1. The van der Waals surface area contributed by atoms with E-state index in [0.29, 0.717) is 0 Å². The molecule has 2 bridgehead atoms. The van der Waals surface area contributed by atoms with Crippen LogP contribution in [0.2, 0.25) is 0 Å². The Labute approximate surface area is 81.5 Å². The maximum Gasteiger partial charge on any atom is 0.0127 e. The number of hydrogen-bond donors (Lipinski definition) is 0. The third-order valence-electron chi connectivity index (χ3n) is 4.60. The van der Waals surface area contributed by atoms with Crippen molar-refractivity contribution >= 4 is 0 Å². The van der Waals surface area contributed by atoms with Crippen molar-refractivity contribution in [3.05, 3.63) is 0 Å². The SMILES string of the molecule is C1CCN2CC(C1)C1CCCCC12. The Kier molecular flexibility index (Phi) is 2.08. The fourth-order valence-electron chi connectivity index (χ4n) is 4.00. The Balaban J connectivity index is 1.80. The van der Waals surface area contributed by atoms with Crippen LogP contribution in [0.3, 0.4) is 0 Å². The summed E-state index contributed by atoms with van der Waals surface area (Å²) in [6.07, 6.45) is 10.6. The van der Waals surface area contributed by atoms with Gasteiger partial charge in [0.05, 0.1) is 0 Å². The van der Waals surface area contributed by atoms with Gasteiger partial charge >= 0.3 is 0 Å². The van der Waals surface area contributed by atoms with E-state index in [1.54, 1.807) is 6.42 Å². The summed E-state index contributed by atoms with van der Waals surface area (Å²) in [6.45, 7) is 2.87. The summed E-state index contributed by atoms with van der Waals surface area (Å²) in [5, 5.41) is 0. The standard InChI is InChI=1S/C12H21N/c1-2-7-12-11(6-1)10-5-3-4-8-13(12)9-10/h10-12H,1-9H2. The topological polar surface area (TPSA) is 3.24 Å². The first-order valence-electron chi connectivity index (χ1n) is 6.19. The van der Waals surface area contributed by atoms with E-state index < -0.39 is 0 Å². The summed E-state index contributed by atoms with van der Waals surface area (Å²) >= 11 is 0. The summed E-state index contributed by atoms with van der Waals surface area (Å²) in [5.74, 6) is 2.20. The lowest BCUT2D eigenvalue weighted by molar-refractivity contribution is 0.167. The number of rotatable bonds is 0. The highest BCUT2D eigenvalue weighted by Crippen LogP contribution is 2.43. The molecule has 0 N–H and O–H groups in total. The van der Waals surface area contributed by atoms with E-state index in [0.717, 1.165) is 17.9 Å². The molecule has 0 radical (unpaired) electrons. The second-order valence-corrected chi connectivity index (χ2v) is 5.27. The van der Waals surface area contributed by atoms with Gasteiger partial charge in [-0.3, -0.25) is 4.90 Å². The Bertz CT molecular complexity index is 170. The highest BCUT2D eigenvalue weighted by atomic mass is 15.2. The Hall–Kier alpha value is -0.0400. The van der Waals surface area contributed by atoms with Crippen LogP contribution in [0.1, 0.15) is 44.9 Å². The molecule has 3 fully saturated rings. The predicted octanol–water partition coefficient (Wildman–Crippen LogP) is 2.66. The average molecular weight is 179 g/mol. The zero-order chi connectivity index (χ0) is 8.67. The minimum absolute atomic E-state index is 1.01. The summed E-state index contributed by atoms with van der Waals surface area (Å²) in [6, 6.07) is 1.01. The second kappa shape index (κ2) is 3.27. The van der Waals surface area contributed by atoms with Gasteiger partial charge in [0, 0.05) is 12.6 Å². The molecule has 13 heavy (non-hydrogen) atoms. The minimum atomic E-state index is 1.01. The maximum absolute atomic E-state index is 2.82. The van der Waals surface area contributed by atoms with Crippen molar-refractivity contribution in [3.63, 3.8) is 0 Å². The zero-order valence-electron chi connectivity index (χ0n) is 8.54. The van der Waals surface area contributed by atoms with Crippen LogP contribution in [-0.2, 0) is 0 Å². The van der Waals surface area contributed by atoms with E-state index in [-0.39, 0.29) is 0 Å². The third kappa shape index (κ3) is 1.32. The van der Waals surface area contributed by atoms with Gasteiger partial charge in [0.2, 0.25) is 0 Å². The normalized spacial score (nSPS) is 49.8. The predicted molar refractivity (Wildman–Crippen MR) is 54.7 cm³/mol. The fraction of sp³-hybridized carbons (Fsp3) is 1.00. The van der Waals surface area contributed by atoms with Crippen molar-refractivity contribution in [1.82, 2.24) is 4.90 Å². The maximum atomic E-state index is 2.82. The number of fused-ring (bicyclic) bond motifs is 5. The first-order valence-corrected chi connectivity index (χ1v) is 6.19. The summed E-state index contributed by atoms with van der Waals surface area (Å²) in [5.41, 5.74) is 0. The highest BCUT2D eigenvalue weighted by Gasteiger charge is 2.42. The van der Waals surface area contributed by atoms with Crippen LogP contribution in [0.15, 0.2) is 0 Å². The molecule has 3 aliphatic rings. The molecule has 1 nitrogen and oxygen atoms in total. The molecule has 1 aliphatic carbocycles. The van der Waals surface area contributed by atoms with Crippen LogP contribution in [-0.4, -0.2) is 24.0 Å². The molecule has 3 rings (SSSR count). The average Bonchev–Trinajstić information content (AvgIpc) is 2.35. The molecule has 2 saturated heterocycles. The van der Waals surface area contributed by atoms with Gasteiger partial charge in [0.15, 0.2) is 0 Å². The van der Waals surface area contributed by atoms with Crippen molar-refractivity contribution < 1.29 is 0 Å². The summed E-state index contributed by atoms with van der Waals surface area (Å²) < 4.78 is 0. The van der Waals surface area contributed by atoms with Crippen LogP contribution in [0.5, 0.6) is 0 Å². The van der Waals surface area contributed by atoms with Gasteiger partial charge in [0.25, 0.3) is 0 Å². The molecule has 0 amide bonds. The van der Waals surface area contributed by atoms with Crippen LogP contribution >= 0.6 is 0 Å². The van der Waals surface area contributed by atoms with E-state index >= 15 is 0 Å². The molecule has 0 spiro atoms. The minimum Gasteiger partial charge on any atom is -0.300 e. The largest absolute Gasteiger partial charge is 0.300 e. The Morgan fingerprint density at radius 2 is 1.69 bits per heavy atom. The number of hydrogen-bond acceptors (Lipinski definition) is 1. The van der Waals surface area contributed by atoms with E-state index in [4.69, 9.17) is 0 Å². The van der Waals surface area contributed by atoms with Crippen LogP contribution in [0.25, 0.3) is 0 Å². The molecule has 2 aliphatic heterocycles. The van der Waals surface area contributed by atoms with Gasteiger partial charge in [-0.2, -0.15) is 0 Å². The van der Waals surface area contributed by atoms with Crippen LogP contribution < -0.4 is 0 Å². The van der Waals surface area contributed by atoms with E-state index in [1.165, 1.54) is 51.6 Å². The van der Waals surface area contributed by atoms with Gasteiger partial charge in [-0.15, -0.1) is 0 Å². The molecule has 0 aromatic carbocycles. The molecule has 74 valence electrons. The third-order valence-corrected chi connectivity index (χ3v) is 4.60. The molecule has 4 atom stereocenters. The molecule has 0 aromatic heterocycles. The van der Waals surface area contributed by atoms with Gasteiger partial charge in [-0.25, -0.2) is 0 Å². The molecule has 2 heterocycles. The quantitative estimate of drug-likeness (QED) is 0.552. The van der Waals surface area contributed by atoms with Crippen molar-refractivity contribution in [2.45, 2.75) is 51.0 Å². The zero-order valence-corrected chi connectivity index (χ0v) is 8.54. The van der Waals surface area contributed by atoms with E-state index in [9.17, 15) is 0 Å². The molecule has 4 unspecified atom stereocenters. The lowest BCUT2D eigenvalue weighted by atomic mass is 9.77. The first kappa shape index (κ1) is 8.28. The molecular weight excluding hydrogens is 158 g/mol. The first-order chi connectivity index (χ1) is 6.45. The van der Waals surface area contributed by atoms with Crippen molar-refractivity contribution in [1.29, 1.82) is 0 Å². The fourth-order valence-corrected chi connectivity index (χ4v) is 4.00. The van der Waals surface area contributed by atoms with Gasteiger partial charge in [-0.05, 0) is 44.1 Å². The molecule has 1 saturated carbocycles. The summed E-state index contributed by atoms with van der Waals surface area (Å²) in [4.78, 5) is 2.82. The van der Waals surface area contributed by atoms with Crippen molar-refractivity contribution in [2.75, 3.05) is 13.1 Å². The van der Waals surface area contributed by atoms with Crippen LogP contribution in [0, 0.1) is 11.8 Å². The second-order valence-electron chi connectivity index (χ2n) is 5.27. The molecular formula is C12H21N. The molecule has 1 heteroatoms. The van der Waals surface area contributed by atoms with E-state index in [1.807, 2.05) is 0 Å². The van der Waals surface area contributed by atoms with E-state index in [2.05, 4.69) is 4.90 Å². The van der Waals surface area contributed by atoms with Gasteiger partial charge < -0.3 is 0 Å². The van der Waals surface area contributed by atoms with Gasteiger partial charge in [-0.1, -0.05) is 19.3 Å². The summed E-state index contributed by atoms with van der Waals surface area (Å²) in [7, 11) is 0. The van der Waals surface area contributed by atoms with Crippen LogP contribution in [0.4, 0.5) is 0 Å². The van der Waals surface area contributed by atoms with Gasteiger partial charge in [0.1, 0.15) is 0 Å². The van der Waals surface area contributed by atoms with Crippen molar-refractivity contribution in [2.24, 2.45) is 11.8 Å². The molecule has 0 aromatic rings. The smallest absolute Gasteiger partial charge is 0.0127 e. The lowest BCUT2D eigenvalue weighted by Crippen LogP contribution is -2.35.